The second-order valence-corrected chi connectivity index (χ2v) is 8.56. The number of nitrogens with zero attached hydrogens (tertiary/aromatic N) is 2. The van der Waals surface area contributed by atoms with E-state index in [1.54, 1.807) is 26.0 Å². The standard InChI is InChI=1S/2C8H13NO.C7H14N2O4/c2*1-8(9-7-10)5-3-2-4-6-8;1-3-8-6(10)12-5-13-7(11)9-4-2/h2*2-6H2,1H3;3-5H2,1-2H3,(H,8,10)(H,9,11). The summed E-state index contributed by atoms with van der Waals surface area (Å²) in [6.07, 6.45) is 13.8. The molecule has 2 amide bonds. The van der Waals surface area contributed by atoms with Crippen molar-refractivity contribution >= 4 is 24.3 Å². The summed E-state index contributed by atoms with van der Waals surface area (Å²) < 4.78 is 8.93. The van der Waals surface area contributed by atoms with Crippen LogP contribution in [0.3, 0.4) is 0 Å². The van der Waals surface area contributed by atoms with E-state index in [1.165, 1.54) is 38.5 Å². The minimum Gasteiger partial charge on any atom is -0.412 e. The summed E-state index contributed by atoms with van der Waals surface area (Å²) in [5.41, 5.74) is -0.139. The molecule has 0 heterocycles. The molecule has 0 radical (unpaired) electrons. The fraction of sp³-hybridized carbons (Fsp3) is 0.826. The molecule has 2 aliphatic rings. The van der Waals surface area contributed by atoms with Gasteiger partial charge in [0, 0.05) is 13.1 Å². The van der Waals surface area contributed by atoms with Crippen molar-refractivity contribution in [3.05, 3.63) is 0 Å². The monoisotopic (exact) mass is 468 g/mol. The lowest BCUT2D eigenvalue weighted by Crippen LogP contribution is -2.28. The van der Waals surface area contributed by atoms with Crippen molar-refractivity contribution in [2.24, 2.45) is 9.98 Å². The first kappa shape index (κ1) is 30.3. The van der Waals surface area contributed by atoms with Gasteiger partial charge in [-0.25, -0.2) is 19.2 Å². The minimum absolute atomic E-state index is 0.0694. The molecule has 0 aliphatic heterocycles. The van der Waals surface area contributed by atoms with E-state index < -0.39 is 12.2 Å². The zero-order valence-corrected chi connectivity index (χ0v) is 20.5. The van der Waals surface area contributed by atoms with Crippen LogP contribution in [0.2, 0.25) is 0 Å². The van der Waals surface area contributed by atoms with Crippen molar-refractivity contribution in [1.29, 1.82) is 0 Å². The van der Waals surface area contributed by atoms with Gasteiger partial charge in [0.2, 0.25) is 19.0 Å². The molecule has 2 saturated carbocycles. The van der Waals surface area contributed by atoms with E-state index in [9.17, 15) is 19.2 Å². The second-order valence-electron chi connectivity index (χ2n) is 8.56. The van der Waals surface area contributed by atoms with Crippen LogP contribution in [0, 0.1) is 0 Å². The number of ether oxygens (including phenoxy) is 2. The average molecular weight is 469 g/mol. The highest BCUT2D eigenvalue weighted by molar-refractivity contribution is 5.68. The quantitative estimate of drug-likeness (QED) is 0.334. The summed E-state index contributed by atoms with van der Waals surface area (Å²) in [4.78, 5) is 48.9. The Morgan fingerprint density at radius 3 is 1.33 bits per heavy atom. The van der Waals surface area contributed by atoms with Crippen LogP contribution >= 0.6 is 0 Å². The molecular weight excluding hydrogens is 428 g/mol. The summed E-state index contributed by atoms with van der Waals surface area (Å²) in [6.45, 7) is 8.16. The van der Waals surface area contributed by atoms with Crippen LogP contribution < -0.4 is 10.6 Å². The number of amides is 2. The van der Waals surface area contributed by atoms with Gasteiger partial charge < -0.3 is 20.1 Å². The van der Waals surface area contributed by atoms with Crippen LogP contribution in [0.15, 0.2) is 9.98 Å². The van der Waals surface area contributed by atoms with Gasteiger partial charge in [0.05, 0.1) is 11.1 Å². The van der Waals surface area contributed by atoms with E-state index >= 15 is 0 Å². The first-order valence-electron chi connectivity index (χ1n) is 11.7. The SMILES string of the molecule is CC1(N=C=O)CCCCC1.CC1(N=C=O)CCCCC1.CCNC(=O)OCOC(=O)NCC. The maximum atomic E-state index is 10.6. The lowest BCUT2D eigenvalue weighted by molar-refractivity contribution is 0.0248. The zero-order valence-electron chi connectivity index (χ0n) is 20.5. The van der Waals surface area contributed by atoms with Crippen LogP contribution in [0.25, 0.3) is 0 Å². The molecule has 10 nitrogen and oxygen atoms in total. The number of rotatable bonds is 6. The Balaban J connectivity index is 0.000000470. The van der Waals surface area contributed by atoms with Gasteiger partial charge in [-0.05, 0) is 53.4 Å². The van der Waals surface area contributed by atoms with Gasteiger partial charge in [0.15, 0.2) is 0 Å². The maximum Gasteiger partial charge on any atom is 0.410 e. The first-order chi connectivity index (χ1) is 15.7. The Bertz CT molecular complexity index is 604. The number of carbonyl (C=O) groups excluding carboxylic acids is 4. The van der Waals surface area contributed by atoms with Crippen molar-refractivity contribution in [3.8, 4) is 0 Å². The largest absolute Gasteiger partial charge is 0.412 e. The van der Waals surface area contributed by atoms with Crippen molar-refractivity contribution in [1.82, 2.24) is 10.6 Å². The summed E-state index contributed by atoms with van der Waals surface area (Å²) in [5, 5.41) is 4.76. The third-order valence-corrected chi connectivity index (χ3v) is 5.51. The van der Waals surface area contributed by atoms with E-state index in [2.05, 4.69) is 30.1 Å². The van der Waals surface area contributed by atoms with Crippen LogP contribution in [0.1, 0.15) is 91.9 Å². The van der Waals surface area contributed by atoms with Crippen LogP contribution in [-0.2, 0) is 19.1 Å². The predicted molar refractivity (Wildman–Crippen MR) is 124 cm³/mol. The lowest BCUT2D eigenvalue weighted by Gasteiger charge is -2.27. The molecule has 2 N–H and O–H groups in total. The van der Waals surface area contributed by atoms with Crippen molar-refractivity contribution in [2.75, 3.05) is 19.9 Å². The first-order valence-corrected chi connectivity index (χ1v) is 11.7. The Labute approximate surface area is 197 Å². The molecule has 0 aromatic carbocycles. The van der Waals surface area contributed by atoms with Gasteiger partial charge >= 0.3 is 12.2 Å². The summed E-state index contributed by atoms with van der Waals surface area (Å²) in [7, 11) is 0. The van der Waals surface area contributed by atoms with Gasteiger partial charge in [0.25, 0.3) is 0 Å². The zero-order chi connectivity index (χ0) is 25.0. The normalized spacial score (nSPS) is 17.6. The third kappa shape index (κ3) is 15.7. The molecule has 33 heavy (non-hydrogen) atoms. The number of hydrogen-bond acceptors (Lipinski definition) is 8. The highest BCUT2D eigenvalue weighted by Crippen LogP contribution is 2.31. The molecule has 0 bridgehead atoms. The second kappa shape index (κ2) is 17.8. The summed E-state index contributed by atoms with van der Waals surface area (Å²) >= 11 is 0. The van der Waals surface area contributed by atoms with E-state index in [1.807, 2.05) is 13.8 Å². The fourth-order valence-electron chi connectivity index (χ4n) is 3.60. The van der Waals surface area contributed by atoms with Crippen molar-refractivity contribution in [2.45, 2.75) is 103 Å². The number of isocyanates is 2. The fourth-order valence-corrected chi connectivity index (χ4v) is 3.60. The Kier molecular flexibility index (Phi) is 16.4. The smallest absolute Gasteiger partial charge is 0.410 e. The molecule has 0 unspecified atom stereocenters. The third-order valence-electron chi connectivity index (χ3n) is 5.51. The van der Waals surface area contributed by atoms with Gasteiger partial charge in [-0.2, -0.15) is 9.98 Å². The molecule has 0 atom stereocenters. The molecule has 0 aromatic heterocycles. The molecule has 10 heteroatoms. The van der Waals surface area contributed by atoms with Gasteiger partial charge in [-0.15, -0.1) is 0 Å². The minimum atomic E-state index is -0.605. The van der Waals surface area contributed by atoms with Crippen molar-refractivity contribution < 1.29 is 28.7 Å². The lowest BCUT2D eigenvalue weighted by atomic mass is 9.84. The molecular formula is C23H40N4O6. The van der Waals surface area contributed by atoms with E-state index in [4.69, 9.17) is 0 Å². The Hall–Kier alpha value is -2.70. The van der Waals surface area contributed by atoms with Gasteiger partial charge in [-0.3, -0.25) is 0 Å². The van der Waals surface area contributed by atoms with Crippen LogP contribution in [0.4, 0.5) is 9.59 Å². The summed E-state index contributed by atoms with van der Waals surface area (Å²) in [6, 6.07) is 0. The molecule has 2 rings (SSSR count). The Morgan fingerprint density at radius 1 is 0.727 bits per heavy atom. The van der Waals surface area contributed by atoms with Gasteiger partial charge in [0.1, 0.15) is 0 Å². The molecule has 0 spiro atoms. The van der Waals surface area contributed by atoms with E-state index in [-0.39, 0.29) is 17.9 Å². The molecule has 2 fully saturated rings. The highest BCUT2D eigenvalue weighted by Gasteiger charge is 2.26. The van der Waals surface area contributed by atoms with Gasteiger partial charge in [-0.1, -0.05) is 38.5 Å². The van der Waals surface area contributed by atoms with Crippen LogP contribution in [-0.4, -0.2) is 55.3 Å². The summed E-state index contributed by atoms with van der Waals surface area (Å²) in [5.74, 6) is 0. The number of nitrogens with one attached hydrogen (secondary N) is 2. The number of aliphatic imine (C=N–C) groups is 2. The highest BCUT2D eigenvalue weighted by atomic mass is 16.7. The topological polar surface area (TPSA) is 136 Å². The Morgan fingerprint density at radius 2 is 1.06 bits per heavy atom. The molecule has 0 aromatic rings. The number of carbonyl (C=O) groups is 2. The van der Waals surface area contributed by atoms with Crippen molar-refractivity contribution in [3.63, 3.8) is 0 Å². The number of alkyl carbamates (subject to hydrolysis) is 2. The average Bonchev–Trinajstić information content (AvgIpc) is 2.76. The van der Waals surface area contributed by atoms with Crippen LogP contribution in [0.5, 0.6) is 0 Å². The van der Waals surface area contributed by atoms with E-state index in [0.29, 0.717) is 13.1 Å². The molecule has 0 saturated heterocycles. The van der Waals surface area contributed by atoms with E-state index in [0.717, 1.165) is 25.7 Å². The molecule has 188 valence electrons. The molecule has 2 aliphatic carbocycles. The predicted octanol–water partition coefficient (Wildman–Crippen LogP) is 4.53. The number of hydrogen-bond donors (Lipinski definition) is 2. The maximum absolute atomic E-state index is 10.6.